The van der Waals surface area contributed by atoms with Gasteiger partial charge in [-0.2, -0.15) is 0 Å². The van der Waals surface area contributed by atoms with Gasteiger partial charge < -0.3 is 20.7 Å². The summed E-state index contributed by atoms with van der Waals surface area (Å²) in [5, 5.41) is 17.4. The molecule has 0 aromatic heterocycles. The molecular weight excluding hydrogens is 476 g/mol. The molecule has 2 heterocycles. The number of anilines is 1. The van der Waals surface area contributed by atoms with Gasteiger partial charge in [-0.15, -0.1) is 0 Å². The third-order valence-electron chi connectivity index (χ3n) is 8.10. The highest BCUT2D eigenvalue weighted by Crippen LogP contribution is 2.44. The summed E-state index contributed by atoms with van der Waals surface area (Å²) in [6.07, 6.45) is 2.02. The van der Waals surface area contributed by atoms with E-state index in [1.165, 1.54) is 40.7 Å². The number of fused-ring (bicyclic) bond motifs is 1. The van der Waals surface area contributed by atoms with Crippen LogP contribution in [-0.4, -0.2) is 46.3 Å². The molecule has 0 radical (unpaired) electrons. The number of carboxylic acids is 1. The molecule has 6 nitrogen and oxygen atoms in total. The molecule has 3 aromatic carbocycles. The SMILES string of the molecule is Cc1c(C)c2c(c(C)c1N)C[C@](C)(CN1CCC(c3ccccc3)CC1)O2.O=C(O)[C@H](O)c1ccccc1. The predicted octanol–water partition coefficient (Wildman–Crippen LogP) is 5.57. The van der Waals surface area contributed by atoms with Gasteiger partial charge in [0.1, 0.15) is 11.4 Å². The van der Waals surface area contributed by atoms with E-state index >= 15 is 0 Å². The Morgan fingerprint density at radius 1 is 1.00 bits per heavy atom. The molecule has 3 aromatic rings. The number of aliphatic carboxylic acids is 1. The smallest absolute Gasteiger partial charge is 0.337 e. The summed E-state index contributed by atoms with van der Waals surface area (Å²) in [5.74, 6) is 0.556. The van der Waals surface area contributed by atoms with Gasteiger partial charge in [0.05, 0.1) is 0 Å². The molecule has 1 fully saturated rings. The zero-order valence-corrected chi connectivity index (χ0v) is 22.9. The summed E-state index contributed by atoms with van der Waals surface area (Å²) >= 11 is 0. The molecule has 0 saturated carbocycles. The molecule has 1 saturated heterocycles. The number of carboxylic acid groups (broad SMARTS) is 1. The van der Waals surface area contributed by atoms with Crippen LogP contribution in [0, 0.1) is 20.8 Å². The molecule has 38 heavy (non-hydrogen) atoms. The summed E-state index contributed by atoms with van der Waals surface area (Å²) < 4.78 is 6.56. The molecule has 6 heteroatoms. The van der Waals surface area contributed by atoms with E-state index in [1.807, 2.05) is 0 Å². The maximum absolute atomic E-state index is 10.2. The third-order valence-corrected chi connectivity index (χ3v) is 8.10. The molecule has 0 spiro atoms. The molecule has 2 aliphatic heterocycles. The predicted molar refractivity (Wildman–Crippen MR) is 152 cm³/mol. The van der Waals surface area contributed by atoms with E-state index < -0.39 is 12.1 Å². The number of aliphatic hydroxyl groups excluding tert-OH is 1. The van der Waals surface area contributed by atoms with Gasteiger partial charge in [0.2, 0.25) is 0 Å². The van der Waals surface area contributed by atoms with E-state index in [2.05, 4.69) is 62.9 Å². The lowest BCUT2D eigenvalue weighted by molar-refractivity contribution is -0.146. The normalized spacial score (nSPS) is 20.1. The van der Waals surface area contributed by atoms with E-state index in [0.29, 0.717) is 11.5 Å². The van der Waals surface area contributed by atoms with Gasteiger partial charge in [0.25, 0.3) is 0 Å². The number of ether oxygens (including phenoxy) is 1. The summed E-state index contributed by atoms with van der Waals surface area (Å²) in [5.41, 5.74) is 13.9. The number of nitrogens with zero attached hydrogens (tertiary/aromatic N) is 1. The maximum Gasteiger partial charge on any atom is 0.337 e. The van der Waals surface area contributed by atoms with Crippen LogP contribution in [-0.2, 0) is 11.2 Å². The fourth-order valence-corrected chi connectivity index (χ4v) is 5.71. The molecule has 0 unspecified atom stereocenters. The van der Waals surface area contributed by atoms with Crippen molar-refractivity contribution in [2.75, 3.05) is 25.4 Å². The Labute approximate surface area is 226 Å². The molecular formula is C32H40N2O4. The quantitative estimate of drug-likeness (QED) is 0.384. The number of hydrogen-bond donors (Lipinski definition) is 3. The molecule has 5 rings (SSSR count). The molecule has 2 aliphatic rings. The van der Waals surface area contributed by atoms with Crippen LogP contribution >= 0.6 is 0 Å². The lowest BCUT2D eigenvalue weighted by Gasteiger charge is -2.37. The van der Waals surface area contributed by atoms with Crippen molar-refractivity contribution in [3.63, 3.8) is 0 Å². The van der Waals surface area contributed by atoms with Crippen molar-refractivity contribution in [2.24, 2.45) is 0 Å². The average molecular weight is 517 g/mol. The van der Waals surface area contributed by atoms with Crippen molar-refractivity contribution >= 4 is 11.7 Å². The van der Waals surface area contributed by atoms with Gasteiger partial charge in [0.15, 0.2) is 6.10 Å². The zero-order valence-electron chi connectivity index (χ0n) is 22.9. The number of hydrogen-bond acceptors (Lipinski definition) is 5. The highest BCUT2D eigenvalue weighted by molar-refractivity contribution is 5.73. The summed E-state index contributed by atoms with van der Waals surface area (Å²) in [4.78, 5) is 12.8. The first-order valence-electron chi connectivity index (χ1n) is 13.4. The minimum atomic E-state index is -1.41. The first-order valence-corrected chi connectivity index (χ1v) is 13.4. The summed E-state index contributed by atoms with van der Waals surface area (Å²) in [6.45, 7) is 11.9. The molecule has 2 atom stereocenters. The van der Waals surface area contributed by atoms with Gasteiger partial charge in [-0.3, -0.25) is 4.90 Å². The van der Waals surface area contributed by atoms with Gasteiger partial charge in [0, 0.05) is 24.2 Å². The summed E-state index contributed by atoms with van der Waals surface area (Å²) in [6, 6.07) is 19.2. The number of rotatable bonds is 5. The van der Waals surface area contributed by atoms with Crippen LogP contribution in [0.15, 0.2) is 60.7 Å². The van der Waals surface area contributed by atoms with Crippen molar-refractivity contribution in [1.82, 2.24) is 4.90 Å². The van der Waals surface area contributed by atoms with Crippen molar-refractivity contribution in [1.29, 1.82) is 0 Å². The standard InChI is InChI=1S/C24H32N2O.C8H8O3/c1-16-17(2)23-21(18(3)22(16)25)14-24(4,27-23)15-26-12-10-20(11-13-26)19-8-6-5-7-9-19;9-7(8(10)11)6-4-2-1-3-5-6/h5-9,20H,10-15,25H2,1-4H3;1-5,7,9H,(H,10,11)/t24-;7-/m11/s1. The lowest BCUT2D eigenvalue weighted by atomic mass is 9.88. The first-order chi connectivity index (χ1) is 18.1. The third kappa shape index (κ3) is 6.03. The molecule has 4 N–H and O–H groups in total. The Bertz CT molecular complexity index is 1210. The number of carbonyl (C=O) groups is 1. The lowest BCUT2D eigenvalue weighted by Crippen LogP contribution is -2.47. The molecule has 0 aliphatic carbocycles. The van der Waals surface area contributed by atoms with Gasteiger partial charge in [-0.05, 0) is 87.4 Å². The number of piperidine rings is 1. The van der Waals surface area contributed by atoms with Gasteiger partial charge in [-0.1, -0.05) is 60.7 Å². The maximum atomic E-state index is 10.2. The number of benzene rings is 3. The number of aliphatic hydroxyl groups is 1. The van der Waals surface area contributed by atoms with Crippen molar-refractivity contribution in [3.8, 4) is 5.75 Å². The first kappa shape index (κ1) is 27.7. The van der Waals surface area contributed by atoms with Crippen LogP contribution in [0.1, 0.15) is 65.2 Å². The second kappa shape index (κ2) is 11.6. The highest BCUT2D eigenvalue weighted by atomic mass is 16.5. The monoisotopic (exact) mass is 516 g/mol. The number of likely N-dealkylation sites (tertiary alicyclic amines) is 1. The highest BCUT2D eigenvalue weighted by Gasteiger charge is 2.39. The van der Waals surface area contributed by atoms with Crippen LogP contribution < -0.4 is 10.5 Å². The average Bonchev–Trinajstić information content (AvgIpc) is 3.29. The van der Waals surface area contributed by atoms with Crippen LogP contribution in [0.5, 0.6) is 5.75 Å². The number of nitrogens with two attached hydrogens (primary N) is 1. The Morgan fingerprint density at radius 3 is 2.16 bits per heavy atom. The molecule has 0 amide bonds. The van der Waals surface area contributed by atoms with E-state index in [1.54, 1.807) is 30.3 Å². The largest absolute Gasteiger partial charge is 0.485 e. The minimum absolute atomic E-state index is 0.155. The fourth-order valence-electron chi connectivity index (χ4n) is 5.71. The Morgan fingerprint density at radius 2 is 1.58 bits per heavy atom. The Kier molecular flexibility index (Phi) is 8.44. The summed E-state index contributed by atoms with van der Waals surface area (Å²) in [7, 11) is 0. The van der Waals surface area contributed by atoms with E-state index in [-0.39, 0.29) is 5.60 Å². The van der Waals surface area contributed by atoms with Gasteiger partial charge >= 0.3 is 5.97 Å². The minimum Gasteiger partial charge on any atom is -0.485 e. The number of nitrogen functional groups attached to an aromatic ring is 1. The van der Waals surface area contributed by atoms with Crippen LogP contribution in [0.2, 0.25) is 0 Å². The molecule has 202 valence electrons. The Balaban J connectivity index is 0.000000257. The van der Waals surface area contributed by atoms with E-state index in [0.717, 1.165) is 37.5 Å². The van der Waals surface area contributed by atoms with Crippen molar-refractivity contribution < 1.29 is 19.7 Å². The van der Waals surface area contributed by atoms with Crippen molar-refractivity contribution in [3.05, 3.63) is 94.0 Å². The van der Waals surface area contributed by atoms with Gasteiger partial charge in [-0.25, -0.2) is 4.79 Å². The van der Waals surface area contributed by atoms with Crippen LogP contribution in [0.25, 0.3) is 0 Å². The van der Waals surface area contributed by atoms with E-state index in [9.17, 15) is 4.79 Å². The second-order valence-electron chi connectivity index (χ2n) is 10.9. The second-order valence-corrected chi connectivity index (χ2v) is 10.9. The van der Waals surface area contributed by atoms with Crippen LogP contribution in [0.3, 0.4) is 0 Å². The zero-order chi connectivity index (χ0) is 27.4. The van der Waals surface area contributed by atoms with Crippen LogP contribution in [0.4, 0.5) is 5.69 Å². The molecule has 0 bridgehead atoms. The topological polar surface area (TPSA) is 96.0 Å². The van der Waals surface area contributed by atoms with E-state index in [4.69, 9.17) is 20.7 Å². The van der Waals surface area contributed by atoms with Crippen molar-refractivity contribution in [2.45, 2.75) is 64.6 Å². The fraction of sp³-hybridized carbons (Fsp3) is 0.406. The Hall–Kier alpha value is -3.35.